The summed E-state index contributed by atoms with van der Waals surface area (Å²) in [5.74, 6) is 0.290. The minimum Gasteiger partial charge on any atom is -0.337 e. The molecule has 0 unspecified atom stereocenters. The molecule has 0 spiro atoms. The van der Waals surface area contributed by atoms with Crippen LogP contribution in [0.15, 0.2) is 12.1 Å². The van der Waals surface area contributed by atoms with Crippen LogP contribution in [0.25, 0.3) is 0 Å². The highest BCUT2D eigenvalue weighted by Crippen LogP contribution is 2.18. The Balaban J connectivity index is 1.86. The molecule has 0 aliphatic carbocycles. The lowest BCUT2D eigenvalue weighted by Gasteiger charge is -2.37. The van der Waals surface area contributed by atoms with Crippen LogP contribution in [0, 0.1) is 6.92 Å². The van der Waals surface area contributed by atoms with Gasteiger partial charge in [0.15, 0.2) is 0 Å². The summed E-state index contributed by atoms with van der Waals surface area (Å²) in [6.45, 7) is 13.6. The summed E-state index contributed by atoms with van der Waals surface area (Å²) in [4.78, 5) is 33.0. The van der Waals surface area contributed by atoms with Crippen molar-refractivity contribution in [1.29, 1.82) is 0 Å². The predicted molar refractivity (Wildman–Crippen MR) is 98.5 cm³/mol. The molecule has 0 saturated carbocycles. The summed E-state index contributed by atoms with van der Waals surface area (Å²) in [6, 6.07) is 4.31. The summed E-state index contributed by atoms with van der Waals surface area (Å²) < 4.78 is 0. The van der Waals surface area contributed by atoms with Gasteiger partial charge in [-0.25, -0.2) is 0 Å². The fourth-order valence-corrected chi connectivity index (χ4v) is 4.10. The Labute approximate surface area is 149 Å². The molecular formula is C18H29N3O2S. The van der Waals surface area contributed by atoms with Crippen molar-refractivity contribution in [2.24, 2.45) is 0 Å². The number of piperazine rings is 1. The second kappa shape index (κ2) is 8.12. The van der Waals surface area contributed by atoms with E-state index >= 15 is 0 Å². The van der Waals surface area contributed by atoms with Crippen molar-refractivity contribution in [1.82, 2.24) is 14.7 Å². The Morgan fingerprint density at radius 1 is 1.08 bits per heavy atom. The first kappa shape index (κ1) is 18.9. The Morgan fingerprint density at radius 2 is 1.67 bits per heavy atom. The van der Waals surface area contributed by atoms with Gasteiger partial charge in [0.2, 0.25) is 5.91 Å². The first-order chi connectivity index (χ1) is 11.3. The summed E-state index contributed by atoms with van der Waals surface area (Å²) in [5, 5.41) is 0. The standard InChI is InChI=1S/C18H29N3O2S/c1-13(2)21(14(3)4)17(22)12-19-8-10-20(11-9-19)18(23)16-7-6-15(5)24-16/h6-7,13-14H,8-12H2,1-5H3. The SMILES string of the molecule is Cc1ccc(C(=O)N2CCN(CC(=O)N(C(C)C)C(C)C)CC2)s1. The lowest BCUT2D eigenvalue weighted by molar-refractivity contribution is -0.136. The predicted octanol–water partition coefficient (Wildman–Crippen LogP) is 2.46. The van der Waals surface area contributed by atoms with Gasteiger partial charge in [-0.2, -0.15) is 0 Å². The minimum atomic E-state index is 0.116. The van der Waals surface area contributed by atoms with Crippen LogP contribution in [-0.4, -0.2) is 71.3 Å². The van der Waals surface area contributed by atoms with Crippen molar-refractivity contribution in [2.75, 3.05) is 32.7 Å². The molecule has 24 heavy (non-hydrogen) atoms. The van der Waals surface area contributed by atoms with Gasteiger partial charge in [0.1, 0.15) is 0 Å². The highest BCUT2D eigenvalue weighted by atomic mass is 32.1. The number of thiophene rings is 1. The van der Waals surface area contributed by atoms with Crippen LogP contribution in [0.4, 0.5) is 0 Å². The molecule has 5 nitrogen and oxygen atoms in total. The maximum atomic E-state index is 12.5. The average Bonchev–Trinajstić information content (AvgIpc) is 2.93. The Bertz CT molecular complexity index is 567. The largest absolute Gasteiger partial charge is 0.337 e. The van der Waals surface area contributed by atoms with Crippen molar-refractivity contribution in [3.63, 3.8) is 0 Å². The van der Waals surface area contributed by atoms with Gasteiger partial charge in [0, 0.05) is 43.1 Å². The molecule has 0 atom stereocenters. The number of hydrogen-bond acceptors (Lipinski definition) is 4. The van der Waals surface area contributed by atoms with Crippen LogP contribution in [0.2, 0.25) is 0 Å². The average molecular weight is 352 g/mol. The lowest BCUT2D eigenvalue weighted by Crippen LogP contribution is -2.53. The van der Waals surface area contributed by atoms with E-state index in [0.29, 0.717) is 19.6 Å². The van der Waals surface area contributed by atoms with Crippen molar-refractivity contribution >= 4 is 23.2 Å². The van der Waals surface area contributed by atoms with Crippen LogP contribution < -0.4 is 0 Å². The van der Waals surface area contributed by atoms with Gasteiger partial charge in [0.05, 0.1) is 11.4 Å². The molecule has 2 rings (SSSR count). The molecule has 0 bridgehead atoms. The van der Waals surface area contributed by atoms with Crippen molar-refractivity contribution < 1.29 is 9.59 Å². The summed E-state index contributed by atoms with van der Waals surface area (Å²) in [5.41, 5.74) is 0. The molecule has 2 heterocycles. The van der Waals surface area contributed by atoms with Crippen molar-refractivity contribution in [2.45, 2.75) is 46.7 Å². The van der Waals surface area contributed by atoms with Gasteiger partial charge in [-0.3, -0.25) is 14.5 Å². The van der Waals surface area contributed by atoms with Gasteiger partial charge in [-0.15, -0.1) is 11.3 Å². The molecule has 1 aromatic heterocycles. The number of aryl methyl sites for hydroxylation is 1. The molecule has 134 valence electrons. The van der Waals surface area contributed by atoms with E-state index in [-0.39, 0.29) is 23.9 Å². The molecule has 1 saturated heterocycles. The van der Waals surface area contributed by atoms with E-state index in [2.05, 4.69) is 32.6 Å². The second-order valence-electron chi connectivity index (χ2n) is 6.97. The third-order valence-corrected chi connectivity index (χ3v) is 5.36. The first-order valence-electron chi connectivity index (χ1n) is 8.68. The summed E-state index contributed by atoms with van der Waals surface area (Å²) in [7, 11) is 0. The topological polar surface area (TPSA) is 43.9 Å². The van der Waals surface area contributed by atoms with E-state index in [4.69, 9.17) is 0 Å². The number of nitrogens with zero attached hydrogens (tertiary/aromatic N) is 3. The molecule has 1 fully saturated rings. The molecule has 1 aliphatic heterocycles. The third kappa shape index (κ3) is 4.57. The van der Waals surface area contributed by atoms with E-state index in [1.54, 1.807) is 11.3 Å². The Kier molecular flexibility index (Phi) is 6.40. The molecule has 1 aromatic rings. The van der Waals surface area contributed by atoms with Crippen molar-refractivity contribution in [3.8, 4) is 0 Å². The van der Waals surface area contributed by atoms with Gasteiger partial charge in [-0.1, -0.05) is 0 Å². The van der Waals surface area contributed by atoms with Crippen molar-refractivity contribution in [3.05, 3.63) is 21.9 Å². The van der Waals surface area contributed by atoms with Gasteiger partial charge >= 0.3 is 0 Å². The second-order valence-corrected chi connectivity index (χ2v) is 8.26. The molecule has 0 radical (unpaired) electrons. The zero-order valence-electron chi connectivity index (χ0n) is 15.4. The quantitative estimate of drug-likeness (QED) is 0.818. The minimum absolute atomic E-state index is 0.116. The fourth-order valence-electron chi connectivity index (χ4n) is 3.26. The van der Waals surface area contributed by atoms with E-state index in [1.165, 1.54) is 0 Å². The summed E-state index contributed by atoms with van der Waals surface area (Å²) >= 11 is 1.55. The number of hydrogen-bond donors (Lipinski definition) is 0. The Morgan fingerprint density at radius 3 is 2.12 bits per heavy atom. The molecule has 2 amide bonds. The highest BCUT2D eigenvalue weighted by Gasteiger charge is 2.26. The monoisotopic (exact) mass is 351 g/mol. The molecule has 0 N–H and O–H groups in total. The zero-order chi connectivity index (χ0) is 17.9. The van der Waals surface area contributed by atoms with E-state index in [0.717, 1.165) is 22.8 Å². The van der Waals surface area contributed by atoms with Crippen LogP contribution in [-0.2, 0) is 4.79 Å². The smallest absolute Gasteiger partial charge is 0.264 e. The van der Waals surface area contributed by atoms with Gasteiger partial charge < -0.3 is 9.80 Å². The molecule has 0 aromatic carbocycles. The highest BCUT2D eigenvalue weighted by molar-refractivity contribution is 7.13. The zero-order valence-corrected chi connectivity index (χ0v) is 16.2. The van der Waals surface area contributed by atoms with Crippen LogP contribution in [0.3, 0.4) is 0 Å². The van der Waals surface area contributed by atoms with Crippen LogP contribution >= 0.6 is 11.3 Å². The third-order valence-electron chi connectivity index (χ3n) is 4.37. The fraction of sp³-hybridized carbons (Fsp3) is 0.667. The first-order valence-corrected chi connectivity index (χ1v) is 9.50. The van der Waals surface area contributed by atoms with Gasteiger partial charge in [0.25, 0.3) is 5.91 Å². The molecule has 1 aliphatic rings. The van der Waals surface area contributed by atoms with E-state index < -0.39 is 0 Å². The summed E-state index contributed by atoms with van der Waals surface area (Å²) in [6.07, 6.45) is 0. The number of amides is 2. The number of carbonyl (C=O) groups excluding carboxylic acids is 2. The lowest BCUT2D eigenvalue weighted by atomic mass is 10.2. The normalized spacial score (nSPS) is 16.0. The number of rotatable bonds is 5. The molecule has 6 heteroatoms. The van der Waals surface area contributed by atoms with E-state index in [1.807, 2.05) is 28.9 Å². The molecular weight excluding hydrogens is 322 g/mol. The maximum Gasteiger partial charge on any atom is 0.264 e. The van der Waals surface area contributed by atoms with Crippen LogP contribution in [0.5, 0.6) is 0 Å². The maximum absolute atomic E-state index is 12.5. The van der Waals surface area contributed by atoms with Gasteiger partial charge in [-0.05, 0) is 46.8 Å². The van der Waals surface area contributed by atoms with E-state index in [9.17, 15) is 9.59 Å². The number of carbonyl (C=O) groups is 2. The Hall–Kier alpha value is -1.40. The van der Waals surface area contributed by atoms with Crippen LogP contribution in [0.1, 0.15) is 42.2 Å².